The van der Waals surface area contributed by atoms with Crippen LogP contribution >= 0.6 is 0 Å². The fourth-order valence-electron chi connectivity index (χ4n) is 0.588. The summed E-state index contributed by atoms with van der Waals surface area (Å²) in [5.41, 5.74) is 0. The molecule has 0 bridgehead atoms. The normalized spacial score (nSPS) is 11.4. The van der Waals surface area contributed by atoms with Gasteiger partial charge in [0, 0.05) is 6.42 Å². The predicted molar refractivity (Wildman–Crippen MR) is 42.7 cm³/mol. The molecule has 5 heteroatoms. The van der Waals surface area contributed by atoms with Crippen LogP contribution in [0.25, 0.3) is 0 Å². The Hall–Kier alpha value is -0.710. The van der Waals surface area contributed by atoms with E-state index in [1.807, 2.05) is 0 Å². The molecule has 0 rings (SSSR count). The summed E-state index contributed by atoms with van der Waals surface area (Å²) in [5.74, 6) is -3.47. The first-order valence-electron chi connectivity index (χ1n) is 4.13. The van der Waals surface area contributed by atoms with Gasteiger partial charge < -0.3 is 9.47 Å². The van der Waals surface area contributed by atoms with Gasteiger partial charge in [0.2, 0.25) is 0 Å². The van der Waals surface area contributed by atoms with E-state index in [-0.39, 0.29) is 13.0 Å². The van der Waals surface area contributed by atoms with Crippen molar-refractivity contribution in [2.75, 3.05) is 19.8 Å². The highest BCUT2D eigenvalue weighted by molar-refractivity contribution is 5.70. The van der Waals surface area contributed by atoms with Crippen molar-refractivity contribution in [3.63, 3.8) is 0 Å². The Labute approximate surface area is 76.0 Å². The van der Waals surface area contributed by atoms with E-state index in [4.69, 9.17) is 0 Å². The summed E-state index contributed by atoms with van der Waals surface area (Å²) >= 11 is 0. The molecule has 0 atom stereocenters. The minimum atomic E-state index is -2.85. The van der Waals surface area contributed by atoms with Gasteiger partial charge in [-0.15, -0.1) is 0 Å². The van der Waals surface area contributed by atoms with Crippen molar-refractivity contribution in [3.05, 3.63) is 0 Å². The summed E-state index contributed by atoms with van der Waals surface area (Å²) in [6, 6.07) is 0. The van der Waals surface area contributed by atoms with Gasteiger partial charge in [0.05, 0.1) is 6.61 Å². The third kappa shape index (κ3) is 6.45. The molecule has 0 aliphatic heterocycles. The number of halogens is 2. The van der Waals surface area contributed by atoms with Gasteiger partial charge in [-0.3, -0.25) is 0 Å². The zero-order valence-electron chi connectivity index (χ0n) is 7.81. The molecular weight excluding hydrogens is 182 g/mol. The van der Waals surface area contributed by atoms with E-state index < -0.39 is 25.1 Å². The zero-order chi connectivity index (χ0) is 10.3. The zero-order valence-corrected chi connectivity index (χ0v) is 7.81. The molecule has 0 aliphatic carbocycles. The van der Waals surface area contributed by atoms with Crippen LogP contribution in [0.4, 0.5) is 8.78 Å². The van der Waals surface area contributed by atoms with E-state index in [1.165, 1.54) is 6.92 Å². The summed E-state index contributed by atoms with van der Waals surface area (Å²) in [7, 11) is 0. The lowest BCUT2D eigenvalue weighted by Gasteiger charge is -2.13. The van der Waals surface area contributed by atoms with Crippen molar-refractivity contribution >= 4 is 5.97 Å². The topological polar surface area (TPSA) is 35.5 Å². The summed E-state index contributed by atoms with van der Waals surface area (Å²) in [4.78, 5) is 10.6. The van der Waals surface area contributed by atoms with Crippen molar-refractivity contribution < 1.29 is 23.0 Å². The first-order valence-corrected chi connectivity index (χ1v) is 4.13. The van der Waals surface area contributed by atoms with Crippen molar-refractivity contribution in [2.24, 2.45) is 0 Å². The lowest BCUT2D eigenvalue weighted by Crippen LogP contribution is -2.25. The highest BCUT2D eigenvalue weighted by Gasteiger charge is 2.26. The molecule has 0 unspecified atom stereocenters. The Kier molecular flexibility index (Phi) is 5.53. The average Bonchev–Trinajstić information content (AvgIpc) is 2.05. The van der Waals surface area contributed by atoms with Crippen LogP contribution in [0.2, 0.25) is 0 Å². The van der Waals surface area contributed by atoms with E-state index in [0.29, 0.717) is 0 Å². The Balaban J connectivity index is 3.50. The molecule has 0 amide bonds. The molecule has 0 aliphatic rings. The monoisotopic (exact) mass is 196 g/mol. The first kappa shape index (κ1) is 12.3. The molecule has 3 nitrogen and oxygen atoms in total. The Morgan fingerprint density at radius 1 is 1.38 bits per heavy atom. The number of esters is 1. The predicted octanol–water partition coefficient (Wildman–Crippen LogP) is 1.61. The number of alkyl halides is 2. The van der Waals surface area contributed by atoms with Crippen LogP contribution in [-0.4, -0.2) is 31.7 Å². The fraction of sp³-hybridized carbons (Fsp3) is 0.875. The van der Waals surface area contributed by atoms with Crippen LogP contribution < -0.4 is 0 Å². The second-order valence-electron chi connectivity index (χ2n) is 2.51. The molecule has 78 valence electrons. The maximum absolute atomic E-state index is 12.5. The molecule has 0 radical (unpaired) electrons. The van der Waals surface area contributed by atoms with Gasteiger partial charge in [0.25, 0.3) is 5.92 Å². The van der Waals surface area contributed by atoms with Crippen LogP contribution in [0.5, 0.6) is 0 Å². The van der Waals surface area contributed by atoms with Gasteiger partial charge in [-0.2, -0.15) is 0 Å². The molecule has 0 aromatic heterocycles. The number of hydrogen-bond acceptors (Lipinski definition) is 3. The molecule has 0 saturated carbocycles. The quantitative estimate of drug-likeness (QED) is 0.605. The van der Waals surface area contributed by atoms with Crippen molar-refractivity contribution in [3.8, 4) is 0 Å². The summed E-state index contributed by atoms with van der Waals surface area (Å²) in [5, 5.41) is 0. The fourth-order valence-corrected chi connectivity index (χ4v) is 0.588. The molecule has 0 spiro atoms. The maximum atomic E-state index is 12.5. The third-order valence-electron chi connectivity index (χ3n) is 1.36. The minimum absolute atomic E-state index is 0.229. The maximum Gasteiger partial charge on any atom is 0.332 e. The molecular formula is C8H14F2O3. The van der Waals surface area contributed by atoms with E-state index in [0.717, 1.165) is 0 Å². The lowest BCUT2D eigenvalue weighted by atomic mass is 10.3. The SMILES string of the molecule is CCOC(=O)COCC(F)(F)CC. The average molecular weight is 196 g/mol. The van der Waals surface area contributed by atoms with Crippen molar-refractivity contribution in [1.29, 1.82) is 0 Å². The number of rotatable bonds is 6. The van der Waals surface area contributed by atoms with Crippen LogP contribution in [0.3, 0.4) is 0 Å². The van der Waals surface area contributed by atoms with Gasteiger partial charge in [0.15, 0.2) is 0 Å². The highest BCUT2D eigenvalue weighted by Crippen LogP contribution is 2.17. The molecule has 0 aromatic carbocycles. The second kappa shape index (κ2) is 5.85. The van der Waals surface area contributed by atoms with Crippen LogP contribution in [0, 0.1) is 0 Å². The summed E-state index contributed by atoms with van der Waals surface area (Å²) in [6.07, 6.45) is -0.296. The molecule has 0 N–H and O–H groups in total. The summed E-state index contributed by atoms with van der Waals surface area (Å²) < 4.78 is 34.0. The number of carbonyl (C=O) groups is 1. The third-order valence-corrected chi connectivity index (χ3v) is 1.36. The molecule has 0 saturated heterocycles. The molecule has 0 heterocycles. The van der Waals surface area contributed by atoms with Crippen LogP contribution in [0.15, 0.2) is 0 Å². The van der Waals surface area contributed by atoms with Crippen LogP contribution in [-0.2, 0) is 14.3 Å². The largest absolute Gasteiger partial charge is 0.464 e. The molecule has 0 fully saturated rings. The number of carbonyl (C=O) groups excluding carboxylic acids is 1. The Bertz CT molecular complexity index is 159. The van der Waals surface area contributed by atoms with E-state index >= 15 is 0 Å². The molecule has 13 heavy (non-hydrogen) atoms. The highest BCUT2D eigenvalue weighted by atomic mass is 19.3. The Morgan fingerprint density at radius 3 is 2.46 bits per heavy atom. The van der Waals surface area contributed by atoms with Gasteiger partial charge in [-0.1, -0.05) is 6.92 Å². The van der Waals surface area contributed by atoms with E-state index in [2.05, 4.69) is 9.47 Å². The smallest absolute Gasteiger partial charge is 0.332 e. The number of ether oxygens (including phenoxy) is 2. The van der Waals surface area contributed by atoms with E-state index in [9.17, 15) is 13.6 Å². The van der Waals surface area contributed by atoms with E-state index in [1.54, 1.807) is 6.92 Å². The second-order valence-corrected chi connectivity index (χ2v) is 2.51. The standard InChI is InChI=1S/C8H14F2O3/c1-3-8(9,10)6-12-5-7(11)13-4-2/h3-6H2,1-2H3. The van der Waals surface area contributed by atoms with Gasteiger partial charge in [0.1, 0.15) is 13.2 Å². The van der Waals surface area contributed by atoms with Crippen LogP contribution in [0.1, 0.15) is 20.3 Å². The van der Waals surface area contributed by atoms with Crippen molar-refractivity contribution in [2.45, 2.75) is 26.2 Å². The summed E-state index contributed by atoms with van der Waals surface area (Å²) in [6.45, 7) is 2.07. The Morgan fingerprint density at radius 2 is 2.00 bits per heavy atom. The van der Waals surface area contributed by atoms with Gasteiger partial charge >= 0.3 is 5.97 Å². The lowest BCUT2D eigenvalue weighted by molar-refractivity contribution is -0.153. The van der Waals surface area contributed by atoms with Crippen molar-refractivity contribution in [1.82, 2.24) is 0 Å². The van der Waals surface area contributed by atoms with Gasteiger partial charge in [-0.05, 0) is 6.92 Å². The minimum Gasteiger partial charge on any atom is -0.464 e. The first-order chi connectivity index (χ1) is 6.02. The van der Waals surface area contributed by atoms with Gasteiger partial charge in [-0.25, -0.2) is 13.6 Å². The number of hydrogen-bond donors (Lipinski definition) is 0. The molecule has 0 aromatic rings.